The molecule has 0 unspecified atom stereocenters. The van der Waals surface area contributed by atoms with Gasteiger partial charge >= 0.3 is 0 Å². The number of hydrogen-bond acceptors (Lipinski definition) is 4. The summed E-state index contributed by atoms with van der Waals surface area (Å²) in [4.78, 5) is 12.5. The molecule has 3 rings (SSSR count). The highest BCUT2D eigenvalue weighted by molar-refractivity contribution is 6.04. The quantitative estimate of drug-likeness (QED) is 0.518. The van der Waals surface area contributed by atoms with Gasteiger partial charge in [0, 0.05) is 11.3 Å². The van der Waals surface area contributed by atoms with Gasteiger partial charge in [0.2, 0.25) is 0 Å². The molecule has 0 atom stereocenters. The van der Waals surface area contributed by atoms with Gasteiger partial charge in [0.1, 0.15) is 19.0 Å². The molecule has 0 heterocycles. The summed E-state index contributed by atoms with van der Waals surface area (Å²) in [5.74, 6) is 1.54. The van der Waals surface area contributed by atoms with Gasteiger partial charge in [-0.3, -0.25) is 4.79 Å². The van der Waals surface area contributed by atoms with Crippen LogP contribution in [-0.2, 0) is 6.61 Å². The molecular formula is C24H23NO4. The molecule has 148 valence electrons. The monoisotopic (exact) mass is 389 g/mol. The standard InChI is InChI=1S/C24H23NO4/c1-3-15-28-22-14-9-19(16-23(22)27-2)24(26)25-20-10-12-21(13-11-20)29-17-18-7-5-4-6-8-18/h3-14,16H,1,15,17H2,2H3,(H,25,26). The minimum Gasteiger partial charge on any atom is -0.493 e. The van der Waals surface area contributed by atoms with Gasteiger partial charge in [0.25, 0.3) is 5.91 Å². The summed E-state index contributed by atoms with van der Waals surface area (Å²) in [5.41, 5.74) is 2.24. The Morgan fingerprint density at radius 1 is 0.966 bits per heavy atom. The van der Waals surface area contributed by atoms with Crippen LogP contribution in [0.5, 0.6) is 17.2 Å². The third-order valence-corrected chi connectivity index (χ3v) is 4.14. The highest BCUT2D eigenvalue weighted by atomic mass is 16.5. The van der Waals surface area contributed by atoms with Crippen LogP contribution in [-0.4, -0.2) is 19.6 Å². The molecule has 0 saturated carbocycles. The Balaban J connectivity index is 1.60. The van der Waals surface area contributed by atoms with E-state index in [9.17, 15) is 4.79 Å². The van der Waals surface area contributed by atoms with E-state index < -0.39 is 0 Å². The Hall–Kier alpha value is -3.73. The van der Waals surface area contributed by atoms with E-state index in [1.54, 1.807) is 36.4 Å². The molecule has 0 aliphatic rings. The molecule has 3 aromatic rings. The van der Waals surface area contributed by atoms with Crippen molar-refractivity contribution in [1.29, 1.82) is 0 Å². The summed E-state index contributed by atoms with van der Waals surface area (Å²) in [7, 11) is 1.53. The van der Waals surface area contributed by atoms with E-state index in [0.29, 0.717) is 36.0 Å². The summed E-state index contributed by atoms with van der Waals surface area (Å²) in [6.45, 7) is 4.47. The highest BCUT2D eigenvalue weighted by Crippen LogP contribution is 2.28. The van der Waals surface area contributed by atoms with Gasteiger partial charge in [-0.15, -0.1) is 0 Å². The van der Waals surface area contributed by atoms with Crippen LogP contribution in [0.4, 0.5) is 5.69 Å². The molecule has 0 bridgehead atoms. The smallest absolute Gasteiger partial charge is 0.255 e. The molecule has 5 heteroatoms. The predicted octanol–water partition coefficient (Wildman–Crippen LogP) is 5.09. The van der Waals surface area contributed by atoms with Crippen LogP contribution in [0.25, 0.3) is 0 Å². The van der Waals surface area contributed by atoms with Crippen LogP contribution in [0.15, 0.2) is 85.5 Å². The zero-order chi connectivity index (χ0) is 20.5. The van der Waals surface area contributed by atoms with Gasteiger partial charge < -0.3 is 19.5 Å². The number of rotatable bonds is 9. The lowest BCUT2D eigenvalue weighted by Gasteiger charge is -2.12. The number of carbonyl (C=O) groups is 1. The lowest BCUT2D eigenvalue weighted by molar-refractivity contribution is 0.102. The summed E-state index contributed by atoms with van der Waals surface area (Å²) in [6.07, 6.45) is 1.65. The topological polar surface area (TPSA) is 56.8 Å². The molecule has 0 fully saturated rings. The van der Waals surface area contributed by atoms with Gasteiger partial charge in [0.05, 0.1) is 7.11 Å². The highest BCUT2D eigenvalue weighted by Gasteiger charge is 2.11. The minimum absolute atomic E-state index is 0.239. The summed E-state index contributed by atoms with van der Waals surface area (Å²) in [6, 6.07) is 22.2. The molecule has 0 saturated heterocycles. The van der Waals surface area contributed by atoms with Crippen molar-refractivity contribution < 1.29 is 19.0 Å². The van der Waals surface area contributed by atoms with Crippen LogP contribution in [0.2, 0.25) is 0 Å². The molecule has 1 amide bonds. The fourth-order valence-corrected chi connectivity index (χ4v) is 2.66. The summed E-state index contributed by atoms with van der Waals surface area (Å²) in [5, 5.41) is 2.87. The van der Waals surface area contributed by atoms with Crippen LogP contribution < -0.4 is 19.5 Å². The van der Waals surface area contributed by atoms with Gasteiger partial charge in [-0.2, -0.15) is 0 Å². The van der Waals surface area contributed by atoms with Gasteiger partial charge in [-0.1, -0.05) is 43.0 Å². The number of nitrogens with one attached hydrogen (secondary N) is 1. The molecule has 0 radical (unpaired) electrons. The Kier molecular flexibility index (Phi) is 6.90. The fourth-order valence-electron chi connectivity index (χ4n) is 2.66. The van der Waals surface area contributed by atoms with Gasteiger partial charge in [-0.05, 0) is 48.0 Å². The third kappa shape index (κ3) is 5.62. The molecule has 3 aromatic carbocycles. The second kappa shape index (κ2) is 9.99. The first-order valence-corrected chi connectivity index (χ1v) is 9.19. The fraction of sp³-hybridized carbons (Fsp3) is 0.125. The molecule has 0 aliphatic heterocycles. The van der Waals surface area contributed by atoms with E-state index in [4.69, 9.17) is 14.2 Å². The maximum Gasteiger partial charge on any atom is 0.255 e. The van der Waals surface area contributed by atoms with Crippen molar-refractivity contribution in [3.8, 4) is 17.2 Å². The first-order valence-electron chi connectivity index (χ1n) is 9.19. The normalized spacial score (nSPS) is 10.1. The number of amides is 1. The van der Waals surface area contributed by atoms with Crippen molar-refractivity contribution >= 4 is 11.6 Å². The van der Waals surface area contributed by atoms with E-state index in [1.807, 2.05) is 42.5 Å². The molecule has 5 nitrogen and oxygen atoms in total. The number of anilines is 1. The Bertz CT molecular complexity index is 952. The summed E-state index contributed by atoms with van der Waals surface area (Å²) >= 11 is 0. The number of ether oxygens (including phenoxy) is 3. The molecular weight excluding hydrogens is 366 g/mol. The zero-order valence-electron chi connectivity index (χ0n) is 16.3. The first-order chi connectivity index (χ1) is 14.2. The largest absolute Gasteiger partial charge is 0.493 e. The van der Waals surface area contributed by atoms with Crippen LogP contribution in [0.1, 0.15) is 15.9 Å². The van der Waals surface area contributed by atoms with E-state index >= 15 is 0 Å². The van der Waals surface area contributed by atoms with Crippen molar-refractivity contribution in [2.24, 2.45) is 0 Å². The molecule has 0 aliphatic carbocycles. The van der Waals surface area contributed by atoms with E-state index in [0.717, 1.165) is 11.3 Å². The molecule has 1 N–H and O–H groups in total. The van der Waals surface area contributed by atoms with E-state index in [-0.39, 0.29) is 5.91 Å². The van der Waals surface area contributed by atoms with Crippen LogP contribution in [0, 0.1) is 0 Å². The number of benzene rings is 3. The average molecular weight is 389 g/mol. The Morgan fingerprint density at radius 2 is 1.72 bits per heavy atom. The van der Waals surface area contributed by atoms with Crippen molar-refractivity contribution in [2.45, 2.75) is 6.61 Å². The lowest BCUT2D eigenvalue weighted by atomic mass is 10.1. The molecule has 29 heavy (non-hydrogen) atoms. The van der Waals surface area contributed by atoms with Crippen molar-refractivity contribution in [3.63, 3.8) is 0 Å². The molecule has 0 aromatic heterocycles. The van der Waals surface area contributed by atoms with Gasteiger partial charge in [0.15, 0.2) is 11.5 Å². The van der Waals surface area contributed by atoms with Crippen LogP contribution >= 0.6 is 0 Å². The average Bonchev–Trinajstić information content (AvgIpc) is 2.77. The van der Waals surface area contributed by atoms with Crippen LogP contribution in [0.3, 0.4) is 0 Å². The zero-order valence-corrected chi connectivity index (χ0v) is 16.3. The van der Waals surface area contributed by atoms with Crippen molar-refractivity contribution in [2.75, 3.05) is 19.0 Å². The minimum atomic E-state index is -0.239. The maximum atomic E-state index is 12.5. The lowest BCUT2D eigenvalue weighted by Crippen LogP contribution is -2.12. The predicted molar refractivity (Wildman–Crippen MR) is 114 cm³/mol. The first kappa shape index (κ1) is 20.0. The van der Waals surface area contributed by atoms with Gasteiger partial charge in [-0.25, -0.2) is 0 Å². The van der Waals surface area contributed by atoms with Crippen molar-refractivity contribution in [3.05, 3.63) is 96.6 Å². The number of carbonyl (C=O) groups excluding carboxylic acids is 1. The summed E-state index contributed by atoms with van der Waals surface area (Å²) < 4.78 is 16.6. The second-order valence-corrected chi connectivity index (χ2v) is 6.22. The van der Waals surface area contributed by atoms with Crippen molar-refractivity contribution in [1.82, 2.24) is 0 Å². The Labute approximate surface area is 170 Å². The Morgan fingerprint density at radius 3 is 2.41 bits per heavy atom. The molecule has 0 spiro atoms. The number of hydrogen-bond donors (Lipinski definition) is 1. The number of methoxy groups -OCH3 is 1. The second-order valence-electron chi connectivity index (χ2n) is 6.22. The maximum absolute atomic E-state index is 12.5. The van der Waals surface area contributed by atoms with E-state index in [2.05, 4.69) is 11.9 Å². The third-order valence-electron chi connectivity index (χ3n) is 4.14. The SMILES string of the molecule is C=CCOc1ccc(C(=O)Nc2ccc(OCc3ccccc3)cc2)cc1OC. The van der Waals surface area contributed by atoms with E-state index in [1.165, 1.54) is 7.11 Å².